The Labute approximate surface area is 122 Å². The molecular weight excluding hydrogens is 276 g/mol. The van der Waals surface area contributed by atoms with E-state index in [2.05, 4.69) is 5.32 Å². The normalized spacial score (nSPS) is 11.9. The SMILES string of the molecule is CSCC[C@H](NC(=O)Cc1ccccc1CN)C(=O)O. The molecule has 0 aromatic heterocycles. The Morgan fingerprint density at radius 1 is 1.35 bits per heavy atom. The third-order valence-electron chi connectivity index (χ3n) is 2.93. The average molecular weight is 296 g/mol. The quantitative estimate of drug-likeness (QED) is 0.666. The highest BCUT2D eigenvalue weighted by Gasteiger charge is 2.19. The number of carbonyl (C=O) groups excluding carboxylic acids is 1. The van der Waals surface area contributed by atoms with Crippen LogP contribution in [0.4, 0.5) is 0 Å². The molecular formula is C14H20N2O3S. The highest BCUT2D eigenvalue weighted by Crippen LogP contribution is 2.09. The van der Waals surface area contributed by atoms with E-state index in [4.69, 9.17) is 10.8 Å². The first-order valence-corrected chi connectivity index (χ1v) is 7.75. The zero-order valence-electron chi connectivity index (χ0n) is 11.5. The lowest BCUT2D eigenvalue weighted by molar-refractivity contribution is -0.141. The van der Waals surface area contributed by atoms with Gasteiger partial charge in [0.2, 0.25) is 5.91 Å². The van der Waals surface area contributed by atoms with E-state index in [0.717, 1.165) is 11.1 Å². The lowest BCUT2D eigenvalue weighted by Crippen LogP contribution is -2.42. The lowest BCUT2D eigenvalue weighted by Gasteiger charge is -2.14. The molecule has 0 aliphatic carbocycles. The van der Waals surface area contributed by atoms with E-state index in [-0.39, 0.29) is 12.3 Å². The summed E-state index contributed by atoms with van der Waals surface area (Å²) >= 11 is 1.55. The van der Waals surface area contributed by atoms with Gasteiger partial charge in [-0.1, -0.05) is 24.3 Å². The van der Waals surface area contributed by atoms with Crippen molar-refractivity contribution in [3.63, 3.8) is 0 Å². The molecule has 0 bridgehead atoms. The molecule has 1 aromatic rings. The summed E-state index contributed by atoms with van der Waals surface area (Å²) in [6.45, 7) is 0.359. The van der Waals surface area contributed by atoms with Crippen molar-refractivity contribution in [2.75, 3.05) is 12.0 Å². The van der Waals surface area contributed by atoms with Gasteiger partial charge in [-0.15, -0.1) is 0 Å². The summed E-state index contributed by atoms with van der Waals surface area (Å²) in [5, 5.41) is 11.6. The number of carbonyl (C=O) groups is 2. The van der Waals surface area contributed by atoms with Crippen LogP contribution in [0.2, 0.25) is 0 Å². The first-order valence-electron chi connectivity index (χ1n) is 6.36. The molecule has 0 unspecified atom stereocenters. The molecule has 1 atom stereocenters. The molecule has 6 heteroatoms. The molecule has 1 amide bonds. The van der Waals surface area contributed by atoms with E-state index < -0.39 is 12.0 Å². The van der Waals surface area contributed by atoms with Crippen LogP contribution in [0.3, 0.4) is 0 Å². The van der Waals surface area contributed by atoms with Crippen molar-refractivity contribution in [2.24, 2.45) is 5.73 Å². The number of hydrogen-bond acceptors (Lipinski definition) is 4. The minimum Gasteiger partial charge on any atom is -0.480 e. The number of nitrogens with one attached hydrogen (secondary N) is 1. The summed E-state index contributed by atoms with van der Waals surface area (Å²) in [6, 6.07) is 6.57. The predicted octanol–water partition coefficient (Wildman–Crippen LogP) is 1.01. The van der Waals surface area contributed by atoms with E-state index in [1.165, 1.54) is 0 Å². The van der Waals surface area contributed by atoms with Crippen LogP contribution >= 0.6 is 11.8 Å². The zero-order chi connectivity index (χ0) is 15.0. The summed E-state index contributed by atoms with van der Waals surface area (Å²) in [6.07, 6.45) is 2.47. The van der Waals surface area contributed by atoms with Crippen molar-refractivity contribution in [2.45, 2.75) is 25.4 Å². The van der Waals surface area contributed by atoms with Crippen molar-refractivity contribution in [1.82, 2.24) is 5.32 Å². The number of amides is 1. The van der Waals surface area contributed by atoms with Crippen LogP contribution in [0.25, 0.3) is 0 Å². The third-order valence-corrected chi connectivity index (χ3v) is 3.58. The van der Waals surface area contributed by atoms with Gasteiger partial charge >= 0.3 is 5.97 Å². The summed E-state index contributed by atoms with van der Waals surface area (Å²) in [5.74, 6) is -0.602. The molecule has 0 saturated heterocycles. The Morgan fingerprint density at radius 3 is 2.55 bits per heavy atom. The highest BCUT2D eigenvalue weighted by molar-refractivity contribution is 7.98. The lowest BCUT2D eigenvalue weighted by atomic mass is 10.0. The molecule has 4 N–H and O–H groups in total. The molecule has 1 rings (SSSR count). The van der Waals surface area contributed by atoms with Gasteiger partial charge in [0, 0.05) is 6.54 Å². The van der Waals surface area contributed by atoms with Gasteiger partial charge in [-0.3, -0.25) is 4.79 Å². The monoisotopic (exact) mass is 296 g/mol. The number of aliphatic carboxylic acids is 1. The van der Waals surface area contributed by atoms with Crippen molar-refractivity contribution >= 4 is 23.6 Å². The second-order valence-corrected chi connectivity index (χ2v) is 5.38. The molecule has 0 fully saturated rings. The van der Waals surface area contributed by atoms with Gasteiger partial charge < -0.3 is 16.2 Å². The highest BCUT2D eigenvalue weighted by atomic mass is 32.2. The molecule has 0 heterocycles. The van der Waals surface area contributed by atoms with Crippen molar-refractivity contribution in [3.05, 3.63) is 35.4 Å². The Bertz CT molecular complexity index is 465. The third kappa shape index (κ3) is 5.22. The smallest absolute Gasteiger partial charge is 0.326 e. The maximum absolute atomic E-state index is 11.9. The zero-order valence-corrected chi connectivity index (χ0v) is 12.3. The van der Waals surface area contributed by atoms with Gasteiger partial charge in [-0.05, 0) is 29.6 Å². The Morgan fingerprint density at radius 2 is 2.00 bits per heavy atom. The second-order valence-electron chi connectivity index (χ2n) is 4.39. The first-order chi connectivity index (χ1) is 9.58. The summed E-state index contributed by atoms with van der Waals surface area (Å²) < 4.78 is 0. The minimum absolute atomic E-state index is 0.149. The topological polar surface area (TPSA) is 92.4 Å². The van der Waals surface area contributed by atoms with Crippen LogP contribution < -0.4 is 11.1 Å². The van der Waals surface area contributed by atoms with Crippen LogP contribution in [0.5, 0.6) is 0 Å². The van der Waals surface area contributed by atoms with E-state index in [1.54, 1.807) is 11.8 Å². The molecule has 20 heavy (non-hydrogen) atoms. The fourth-order valence-corrected chi connectivity index (χ4v) is 2.31. The molecule has 0 spiro atoms. The fourth-order valence-electron chi connectivity index (χ4n) is 1.84. The van der Waals surface area contributed by atoms with Gasteiger partial charge in [0.15, 0.2) is 0 Å². The van der Waals surface area contributed by atoms with Crippen molar-refractivity contribution in [1.29, 1.82) is 0 Å². The first kappa shape index (κ1) is 16.5. The maximum atomic E-state index is 11.9. The van der Waals surface area contributed by atoms with E-state index in [9.17, 15) is 9.59 Å². The van der Waals surface area contributed by atoms with Crippen LogP contribution in [-0.4, -0.2) is 35.0 Å². The van der Waals surface area contributed by atoms with Crippen molar-refractivity contribution in [3.8, 4) is 0 Å². The average Bonchev–Trinajstić information content (AvgIpc) is 2.43. The largest absolute Gasteiger partial charge is 0.480 e. The Kier molecular flexibility index (Phi) is 7.11. The van der Waals surface area contributed by atoms with Crippen molar-refractivity contribution < 1.29 is 14.7 Å². The standard InChI is InChI=1S/C14H20N2O3S/c1-20-7-6-12(14(18)19)16-13(17)8-10-4-2-3-5-11(10)9-15/h2-5,12H,6-9,15H2,1H3,(H,16,17)(H,18,19)/t12-/m0/s1. The second kappa shape index (κ2) is 8.60. The number of carboxylic acid groups (broad SMARTS) is 1. The Hall–Kier alpha value is -1.53. The molecule has 0 radical (unpaired) electrons. The number of thioether (sulfide) groups is 1. The molecule has 0 aliphatic heterocycles. The maximum Gasteiger partial charge on any atom is 0.326 e. The van der Waals surface area contributed by atoms with E-state index in [0.29, 0.717) is 18.7 Å². The minimum atomic E-state index is -1.00. The molecule has 0 saturated carbocycles. The summed E-state index contributed by atoms with van der Waals surface area (Å²) in [4.78, 5) is 23.0. The van der Waals surface area contributed by atoms with Crippen LogP contribution in [0, 0.1) is 0 Å². The van der Waals surface area contributed by atoms with Crippen LogP contribution in [0.1, 0.15) is 17.5 Å². The van der Waals surface area contributed by atoms with Gasteiger partial charge in [0.25, 0.3) is 0 Å². The van der Waals surface area contributed by atoms with Gasteiger partial charge in [-0.2, -0.15) is 11.8 Å². The molecule has 1 aromatic carbocycles. The summed E-state index contributed by atoms with van der Waals surface area (Å²) in [5.41, 5.74) is 7.35. The molecule has 5 nitrogen and oxygen atoms in total. The number of rotatable bonds is 8. The van der Waals surface area contributed by atoms with Gasteiger partial charge in [0.05, 0.1) is 6.42 Å². The predicted molar refractivity (Wildman–Crippen MR) is 80.6 cm³/mol. The number of hydrogen-bond donors (Lipinski definition) is 3. The van der Waals surface area contributed by atoms with Gasteiger partial charge in [-0.25, -0.2) is 4.79 Å². The Balaban J connectivity index is 2.63. The molecule has 110 valence electrons. The number of nitrogens with two attached hydrogens (primary N) is 1. The van der Waals surface area contributed by atoms with Crippen LogP contribution in [-0.2, 0) is 22.6 Å². The van der Waals surface area contributed by atoms with Gasteiger partial charge in [0.1, 0.15) is 6.04 Å². The number of carboxylic acids is 1. The van der Waals surface area contributed by atoms with E-state index in [1.807, 2.05) is 30.5 Å². The number of benzene rings is 1. The van der Waals surface area contributed by atoms with Crippen LogP contribution in [0.15, 0.2) is 24.3 Å². The van der Waals surface area contributed by atoms with E-state index >= 15 is 0 Å². The summed E-state index contributed by atoms with van der Waals surface area (Å²) in [7, 11) is 0. The molecule has 0 aliphatic rings. The fraction of sp³-hybridized carbons (Fsp3) is 0.429.